The highest BCUT2D eigenvalue weighted by molar-refractivity contribution is 7.88. The number of carbonyl (C=O) groups excluding carboxylic acids is 1. The van der Waals surface area contributed by atoms with Crippen molar-refractivity contribution in [1.82, 2.24) is 14.2 Å². The molecule has 1 saturated heterocycles. The Morgan fingerprint density at radius 2 is 1.89 bits per heavy atom. The van der Waals surface area contributed by atoms with Gasteiger partial charge in [-0.15, -0.1) is 0 Å². The van der Waals surface area contributed by atoms with E-state index in [1.54, 1.807) is 42.6 Å². The van der Waals surface area contributed by atoms with Crippen molar-refractivity contribution in [1.29, 1.82) is 0 Å². The number of benzene rings is 1. The Bertz CT molecular complexity index is 985. The van der Waals surface area contributed by atoms with Crippen molar-refractivity contribution in [3.63, 3.8) is 0 Å². The van der Waals surface area contributed by atoms with Crippen molar-refractivity contribution in [2.45, 2.75) is 18.5 Å². The summed E-state index contributed by atoms with van der Waals surface area (Å²) in [6.45, 7) is 0.507. The van der Waals surface area contributed by atoms with Crippen LogP contribution >= 0.6 is 0 Å². The molecule has 144 valence electrons. The maximum Gasteiger partial charge on any atom is 0.255 e. The number of nitrogens with two attached hydrogens (primary N) is 1. The Kier molecular flexibility index (Phi) is 5.45. The van der Waals surface area contributed by atoms with Gasteiger partial charge in [-0.2, -0.15) is 0 Å². The van der Waals surface area contributed by atoms with Crippen LogP contribution in [0.15, 0.2) is 53.5 Å². The van der Waals surface area contributed by atoms with Gasteiger partial charge < -0.3 is 11.1 Å². The molecule has 0 saturated carbocycles. The van der Waals surface area contributed by atoms with E-state index < -0.39 is 16.1 Å². The average Bonchev–Trinajstić information content (AvgIpc) is 2.63. The third-order valence-corrected chi connectivity index (χ3v) is 5.91. The predicted octanol–water partition coefficient (Wildman–Crippen LogP) is -0.0715. The topological polar surface area (TPSA) is 114 Å². The van der Waals surface area contributed by atoms with Gasteiger partial charge in [0.15, 0.2) is 0 Å². The minimum absolute atomic E-state index is 0.154. The van der Waals surface area contributed by atoms with Crippen LogP contribution in [0.5, 0.6) is 0 Å². The summed E-state index contributed by atoms with van der Waals surface area (Å²) < 4.78 is 26.0. The summed E-state index contributed by atoms with van der Waals surface area (Å²) in [7, 11) is -3.28. The molecular formula is C18H22N4O4S. The number of hydrogen-bond acceptors (Lipinski definition) is 5. The number of rotatable bonds is 4. The molecule has 2 heterocycles. The summed E-state index contributed by atoms with van der Waals surface area (Å²) in [4.78, 5) is 24.3. The molecule has 2 atom stereocenters. The molecule has 3 N–H and O–H groups in total. The summed E-state index contributed by atoms with van der Waals surface area (Å²) in [6.07, 6.45) is 3.27. The number of nitrogens with zero attached hydrogens (tertiary/aromatic N) is 2. The van der Waals surface area contributed by atoms with E-state index in [9.17, 15) is 18.0 Å². The van der Waals surface area contributed by atoms with E-state index in [0.717, 1.165) is 6.26 Å². The SMILES string of the molecule is CS(=O)(=O)N1CCC(NC(=O)c2ccc(-n3ccccc3=O)cc2)C(N)C1. The van der Waals surface area contributed by atoms with Gasteiger partial charge in [-0.05, 0) is 36.8 Å². The first-order valence-electron chi connectivity index (χ1n) is 8.55. The van der Waals surface area contributed by atoms with Gasteiger partial charge in [0.05, 0.1) is 6.26 Å². The third-order valence-electron chi connectivity index (χ3n) is 4.64. The number of nitrogens with one attached hydrogen (secondary N) is 1. The fourth-order valence-electron chi connectivity index (χ4n) is 3.10. The lowest BCUT2D eigenvalue weighted by molar-refractivity contribution is 0.0916. The van der Waals surface area contributed by atoms with Crippen LogP contribution in [0.4, 0.5) is 0 Å². The van der Waals surface area contributed by atoms with Gasteiger partial charge in [0, 0.05) is 48.7 Å². The highest BCUT2D eigenvalue weighted by Crippen LogP contribution is 2.14. The monoisotopic (exact) mass is 390 g/mol. The van der Waals surface area contributed by atoms with Crippen LogP contribution in [0.3, 0.4) is 0 Å². The predicted molar refractivity (Wildman–Crippen MR) is 102 cm³/mol. The van der Waals surface area contributed by atoms with Gasteiger partial charge in [0.2, 0.25) is 10.0 Å². The van der Waals surface area contributed by atoms with Gasteiger partial charge in [-0.25, -0.2) is 12.7 Å². The minimum Gasteiger partial charge on any atom is -0.348 e. The zero-order valence-electron chi connectivity index (χ0n) is 14.9. The van der Waals surface area contributed by atoms with E-state index in [2.05, 4.69) is 5.32 Å². The van der Waals surface area contributed by atoms with Gasteiger partial charge in [0.25, 0.3) is 11.5 Å². The second kappa shape index (κ2) is 7.63. The second-order valence-electron chi connectivity index (χ2n) is 6.61. The van der Waals surface area contributed by atoms with Crippen molar-refractivity contribution in [2.75, 3.05) is 19.3 Å². The van der Waals surface area contributed by atoms with E-state index in [-0.39, 0.29) is 24.1 Å². The molecule has 0 spiro atoms. The highest BCUT2D eigenvalue weighted by atomic mass is 32.2. The van der Waals surface area contributed by atoms with Crippen molar-refractivity contribution >= 4 is 15.9 Å². The molecule has 1 fully saturated rings. The van der Waals surface area contributed by atoms with E-state index in [0.29, 0.717) is 24.2 Å². The summed E-state index contributed by atoms with van der Waals surface area (Å²) in [6, 6.07) is 10.8. The summed E-state index contributed by atoms with van der Waals surface area (Å²) in [5.41, 5.74) is 7.00. The second-order valence-corrected chi connectivity index (χ2v) is 8.59. The number of pyridine rings is 1. The fourth-order valence-corrected chi connectivity index (χ4v) is 3.98. The lowest BCUT2D eigenvalue weighted by atomic mass is 10.0. The fraction of sp³-hybridized carbons (Fsp3) is 0.333. The zero-order chi connectivity index (χ0) is 19.6. The average molecular weight is 390 g/mol. The lowest BCUT2D eigenvalue weighted by Crippen LogP contribution is -2.58. The molecule has 3 rings (SSSR count). The molecular weight excluding hydrogens is 368 g/mol. The number of hydrogen-bond donors (Lipinski definition) is 2. The standard InChI is InChI=1S/C18H22N4O4S/c1-27(25,26)21-11-9-16(15(19)12-21)20-18(24)13-5-7-14(8-6-13)22-10-3-2-4-17(22)23/h2-8,10,15-16H,9,11-12,19H2,1H3,(H,20,24). The Hall–Kier alpha value is -2.49. The maximum absolute atomic E-state index is 12.5. The first kappa shape index (κ1) is 19.3. The van der Waals surface area contributed by atoms with Gasteiger partial charge in [-0.1, -0.05) is 6.07 Å². The summed E-state index contributed by atoms with van der Waals surface area (Å²) >= 11 is 0. The number of amides is 1. The molecule has 1 aromatic carbocycles. The zero-order valence-corrected chi connectivity index (χ0v) is 15.7. The Morgan fingerprint density at radius 1 is 1.19 bits per heavy atom. The molecule has 2 unspecified atom stereocenters. The largest absolute Gasteiger partial charge is 0.348 e. The van der Waals surface area contributed by atoms with Crippen molar-refractivity contribution in [3.8, 4) is 5.69 Å². The number of carbonyl (C=O) groups is 1. The van der Waals surface area contributed by atoms with E-state index in [4.69, 9.17) is 5.73 Å². The molecule has 0 aliphatic carbocycles. The molecule has 2 aromatic rings. The van der Waals surface area contributed by atoms with Crippen molar-refractivity contribution in [3.05, 3.63) is 64.6 Å². The molecule has 0 radical (unpaired) electrons. The molecule has 8 nitrogen and oxygen atoms in total. The molecule has 0 bridgehead atoms. The van der Waals surface area contributed by atoms with Crippen LogP contribution in [0, 0.1) is 0 Å². The number of piperidine rings is 1. The van der Waals surface area contributed by atoms with Crippen molar-refractivity contribution < 1.29 is 13.2 Å². The Balaban J connectivity index is 1.67. The van der Waals surface area contributed by atoms with Gasteiger partial charge >= 0.3 is 0 Å². The quantitative estimate of drug-likeness (QED) is 0.758. The van der Waals surface area contributed by atoms with Crippen LogP contribution in [0.1, 0.15) is 16.8 Å². The Labute approximate surface area is 157 Å². The first-order chi connectivity index (χ1) is 12.8. The maximum atomic E-state index is 12.5. The van der Waals surface area contributed by atoms with E-state index >= 15 is 0 Å². The van der Waals surface area contributed by atoms with Crippen LogP contribution < -0.4 is 16.6 Å². The molecule has 1 amide bonds. The smallest absolute Gasteiger partial charge is 0.255 e. The number of sulfonamides is 1. The first-order valence-corrected chi connectivity index (χ1v) is 10.4. The number of aromatic nitrogens is 1. The van der Waals surface area contributed by atoms with Crippen LogP contribution in [0.25, 0.3) is 5.69 Å². The lowest BCUT2D eigenvalue weighted by Gasteiger charge is -2.35. The molecule has 1 aliphatic rings. The minimum atomic E-state index is -3.28. The third kappa shape index (κ3) is 4.44. The van der Waals surface area contributed by atoms with Crippen LogP contribution in [-0.2, 0) is 10.0 Å². The summed E-state index contributed by atoms with van der Waals surface area (Å²) in [5.74, 6) is -0.282. The van der Waals surface area contributed by atoms with Crippen LogP contribution in [0.2, 0.25) is 0 Å². The molecule has 1 aliphatic heterocycles. The summed E-state index contributed by atoms with van der Waals surface area (Å²) in [5, 5.41) is 2.87. The highest BCUT2D eigenvalue weighted by Gasteiger charge is 2.31. The molecule has 1 aromatic heterocycles. The van der Waals surface area contributed by atoms with E-state index in [1.165, 1.54) is 14.9 Å². The van der Waals surface area contributed by atoms with Crippen LogP contribution in [-0.4, -0.2) is 54.6 Å². The normalized spacial score (nSPS) is 21.0. The Morgan fingerprint density at radius 3 is 2.48 bits per heavy atom. The van der Waals surface area contributed by atoms with Gasteiger partial charge in [-0.3, -0.25) is 14.2 Å². The van der Waals surface area contributed by atoms with E-state index in [1.807, 2.05) is 0 Å². The van der Waals surface area contributed by atoms with Crippen molar-refractivity contribution in [2.24, 2.45) is 5.73 Å². The molecule has 27 heavy (non-hydrogen) atoms. The van der Waals surface area contributed by atoms with Gasteiger partial charge in [0.1, 0.15) is 0 Å². The molecule has 9 heteroatoms.